The molecule has 0 saturated carbocycles. The average Bonchev–Trinajstić information content (AvgIpc) is 2.12. The summed E-state index contributed by atoms with van der Waals surface area (Å²) >= 11 is 0. The Morgan fingerprint density at radius 2 is 1.92 bits per heavy atom. The maximum absolute atomic E-state index is 10.3. The number of carbonyl (C=O) groups is 1. The molecule has 0 amide bonds. The fourth-order valence-electron chi connectivity index (χ4n) is 0.765. The van der Waals surface area contributed by atoms with Gasteiger partial charge in [0, 0.05) is 0 Å². The zero-order valence-corrected chi connectivity index (χ0v) is 8.19. The second kappa shape index (κ2) is 6.07. The lowest BCUT2D eigenvalue weighted by molar-refractivity contribution is -0.0979. The van der Waals surface area contributed by atoms with Gasteiger partial charge in [-0.3, -0.25) is 4.46 Å². The molecule has 0 atom stereocenters. The quantitative estimate of drug-likeness (QED) is 0.707. The number of aryl methyl sites for hydroxylation is 1. The molecule has 1 rings (SSSR count). The largest absolute Gasteiger partial charge is 0.770 e. The summed E-state index contributed by atoms with van der Waals surface area (Å²) in [6.45, 7) is 3.82. The Morgan fingerprint density at radius 3 is 2.38 bits per heavy atom. The van der Waals surface area contributed by atoms with Crippen LogP contribution in [-0.2, 0) is 9.26 Å². The third kappa shape index (κ3) is 4.17. The van der Waals surface area contributed by atoms with Crippen molar-refractivity contribution < 1.29 is 18.5 Å². The van der Waals surface area contributed by atoms with Crippen molar-refractivity contribution in [1.82, 2.24) is 0 Å². The molecule has 1 aromatic carbocycles. The smallest absolute Gasteiger partial charge is 0.511 e. The highest BCUT2D eigenvalue weighted by atomic mass is 28.3. The van der Waals surface area contributed by atoms with Gasteiger partial charge >= 0.3 is 9.17 Å². The zero-order chi connectivity index (χ0) is 10.3. The van der Waals surface area contributed by atoms with Gasteiger partial charge in [0.15, 0.2) is 0 Å². The molecule has 0 aliphatic carbocycles. The van der Waals surface area contributed by atoms with Crippen LogP contribution in [0, 0.1) is 6.92 Å². The molecule has 5 heteroatoms. The topological polar surface area (TPSA) is 63.6 Å². The van der Waals surface area contributed by atoms with Gasteiger partial charge < -0.3 is 14.0 Å². The fraction of sp³-hybridized carbons (Fsp3) is 0.125. The predicted octanol–water partition coefficient (Wildman–Crippen LogP) is 0.597. The lowest BCUT2D eigenvalue weighted by Gasteiger charge is -2.01. The van der Waals surface area contributed by atoms with Gasteiger partial charge in [0.2, 0.25) is 0 Å². The van der Waals surface area contributed by atoms with Gasteiger partial charge in [-0.1, -0.05) is 18.2 Å². The van der Waals surface area contributed by atoms with Crippen LogP contribution in [0.25, 0.3) is 0 Å². The molecule has 0 saturated heterocycles. The maximum atomic E-state index is 10.3. The first-order valence-corrected chi connectivity index (χ1v) is 4.72. The van der Waals surface area contributed by atoms with E-state index in [1.807, 2.05) is 25.8 Å². The molecule has 0 fully saturated rings. The SMILES string of the molecule is C=O.Cc1ccccc1O[Si](=O)O. The standard InChI is InChI=1S/C7H8O3Si.CH2O/c1-6-4-2-3-5-7(6)10-11(8)9;1-2/h2-5,8H,1H3;1H2. The van der Waals surface area contributed by atoms with Crippen LogP contribution in [0.4, 0.5) is 0 Å². The van der Waals surface area contributed by atoms with Gasteiger partial charge in [-0.25, -0.2) is 0 Å². The molecule has 0 aliphatic rings. The Balaban J connectivity index is 0.000000671. The van der Waals surface area contributed by atoms with Crippen LogP contribution in [0.2, 0.25) is 0 Å². The number of hydrogen-bond donors (Lipinski definition) is 1. The van der Waals surface area contributed by atoms with Crippen LogP contribution in [0.1, 0.15) is 5.56 Å². The Labute approximate surface area is 77.7 Å². The molecule has 0 aliphatic heterocycles. The second-order valence-electron chi connectivity index (χ2n) is 2.13. The highest BCUT2D eigenvalue weighted by Gasteiger charge is 2.06. The molecule has 70 valence electrons. The Morgan fingerprint density at radius 1 is 1.38 bits per heavy atom. The molecule has 0 radical (unpaired) electrons. The fourth-order valence-corrected chi connectivity index (χ4v) is 1.18. The van der Waals surface area contributed by atoms with E-state index in [1.54, 1.807) is 12.1 Å². The van der Waals surface area contributed by atoms with Gasteiger partial charge in [0.05, 0.1) is 0 Å². The molecule has 0 heterocycles. The number of para-hydroxylation sites is 1. The van der Waals surface area contributed by atoms with E-state index in [0.717, 1.165) is 5.56 Å². The molecule has 1 aromatic rings. The minimum absolute atomic E-state index is 0.471. The van der Waals surface area contributed by atoms with E-state index in [4.69, 9.17) is 9.59 Å². The van der Waals surface area contributed by atoms with Gasteiger partial charge in [0.25, 0.3) is 0 Å². The zero-order valence-electron chi connectivity index (χ0n) is 7.19. The van der Waals surface area contributed by atoms with E-state index in [2.05, 4.69) is 4.43 Å². The normalized spacial score (nSPS) is 8.08. The summed E-state index contributed by atoms with van der Waals surface area (Å²) in [4.78, 5) is 16.5. The van der Waals surface area contributed by atoms with Crippen LogP contribution in [0.3, 0.4) is 0 Å². The van der Waals surface area contributed by atoms with Crippen molar-refractivity contribution in [3.63, 3.8) is 0 Å². The summed E-state index contributed by atoms with van der Waals surface area (Å²) in [7, 11) is -2.86. The van der Waals surface area contributed by atoms with Crippen LogP contribution in [0.5, 0.6) is 5.75 Å². The van der Waals surface area contributed by atoms with Crippen molar-refractivity contribution in [3.05, 3.63) is 29.8 Å². The lowest BCUT2D eigenvalue weighted by atomic mass is 10.2. The number of carbonyl (C=O) groups excluding carboxylic acids is 1. The van der Waals surface area contributed by atoms with Gasteiger partial charge in [-0.2, -0.15) is 0 Å². The monoisotopic (exact) mass is 198 g/mol. The summed E-state index contributed by atoms with van der Waals surface area (Å²) in [6.07, 6.45) is 0. The van der Waals surface area contributed by atoms with E-state index in [-0.39, 0.29) is 0 Å². The van der Waals surface area contributed by atoms with E-state index >= 15 is 0 Å². The van der Waals surface area contributed by atoms with E-state index < -0.39 is 9.17 Å². The van der Waals surface area contributed by atoms with Crippen LogP contribution in [0.15, 0.2) is 24.3 Å². The first kappa shape index (κ1) is 11.5. The second-order valence-corrected chi connectivity index (χ2v) is 2.87. The first-order valence-electron chi connectivity index (χ1n) is 3.45. The number of rotatable bonds is 2. The number of benzene rings is 1. The molecule has 1 N–H and O–H groups in total. The Kier molecular flexibility index (Phi) is 5.37. The molecular formula is C8H10O4Si. The van der Waals surface area contributed by atoms with Crippen LogP contribution >= 0.6 is 0 Å². The molecule has 0 unspecified atom stereocenters. The molecule has 0 aromatic heterocycles. The van der Waals surface area contributed by atoms with Crippen molar-refractivity contribution in [3.8, 4) is 5.75 Å². The maximum Gasteiger partial charge on any atom is 0.770 e. The summed E-state index contributed by atoms with van der Waals surface area (Å²) < 4.78 is 14.9. The van der Waals surface area contributed by atoms with E-state index in [0.29, 0.717) is 5.75 Å². The first-order chi connectivity index (χ1) is 6.20. The van der Waals surface area contributed by atoms with Crippen molar-refractivity contribution in [2.45, 2.75) is 6.92 Å². The summed E-state index contributed by atoms with van der Waals surface area (Å²) in [5.74, 6) is 0.471. The molecule has 13 heavy (non-hydrogen) atoms. The molecule has 0 spiro atoms. The number of hydrogen-bond acceptors (Lipinski definition) is 3. The van der Waals surface area contributed by atoms with Crippen LogP contribution in [-0.4, -0.2) is 20.8 Å². The summed E-state index contributed by atoms with van der Waals surface area (Å²) in [5, 5.41) is 0. The third-order valence-electron chi connectivity index (χ3n) is 1.29. The summed E-state index contributed by atoms with van der Waals surface area (Å²) in [6, 6.07) is 7.08. The predicted molar refractivity (Wildman–Crippen MR) is 47.6 cm³/mol. The van der Waals surface area contributed by atoms with Crippen molar-refractivity contribution >= 4 is 16.0 Å². The van der Waals surface area contributed by atoms with Crippen molar-refractivity contribution in [2.75, 3.05) is 0 Å². The van der Waals surface area contributed by atoms with Crippen molar-refractivity contribution in [2.24, 2.45) is 0 Å². The average molecular weight is 198 g/mol. The Hall–Kier alpha value is -1.49. The third-order valence-corrected chi connectivity index (χ3v) is 1.69. The minimum Gasteiger partial charge on any atom is -0.511 e. The highest BCUT2D eigenvalue weighted by molar-refractivity contribution is 6.25. The Bertz CT molecular complexity index is 287. The lowest BCUT2D eigenvalue weighted by Crippen LogP contribution is -2.09. The molecular weight excluding hydrogens is 188 g/mol. The minimum atomic E-state index is -2.86. The van der Waals surface area contributed by atoms with Crippen molar-refractivity contribution in [1.29, 1.82) is 0 Å². The molecule has 4 nitrogen and oxygen atoms in total. The van der Waals surface area contributed by atoms with Gasteiger partial charge in [-0.15, -0.1) is 0 Å². The van der Waals surface area contributed by atoms with Gasteiger partial charge in [0.1, 0.15) is 12.5 Å². The molecule has 0 bridgehead atoms. The highest BCUT2D eigenvalue weighted by Crippen LogP contribution is 2.15. The van der Waals surface area contributed by atoms with E-state index in [9.17, 15) is 4.46 Å². The van der Waals surface area contributed by atoms with E-state index in [1.165, 1.54) is 0 Å². The summed E-state index contributed by atoms with van der Waals surface area (Å²) in [5.41, 5.74) is 0.861. The van der Waals surface area contributed by atoms with Crippen LogP contribution < -0.4 is 4.43 Å². The van der Waals surface area contributed by atoms with Gasteiger partial charge in [-0.05, 0) is 18.6 Å².